The van der Waals surface area contributed by atoms with Gasteiger partial charge < -0.3 is 16.0 Å². The van der Waals surface area contributed by atoms with Crippen molar-refractivity contribution in [3.8, 4) is 0 Å². The molecule has 20 heavy (non-hydrogen) atoms. The fourth-order valence-corrected chi connectivity index (χ4v) is 3.22. The van der Waals surface area contributed by atoms with E-state index in [1.165, 1.54) is 11.1 Å². The van der Waals surface area contributed by atoms with Gasteiger partial charge in [-0.1, -0.05) is 38.1 Å². The molecule has 1 unspecified atom stereocenters. The monoisotopic (exact) mass is 275 g/mol. The van der Waals surface area contributed by atoms with E-state index in [2.05, 4.69) is 48.3 Å². The first-order valence-electron chi connectivity index (χ1n) is 7.97. The molecular formula is C17H29N3. The molecule has 1 aliphatic rings. The minimum atomic E-state index is 0.0987. The van der Waals surface area contributed by atoms with E-state index in [-0.39, 0.29) is 5.54 Å². The number of benzene rings is 1. The van der Waals surface area contributed by atoms with E-state index >= 15 is 0 Å². The van der Waals surface area contributed by atoms with Crippen LogP contribution in [0.25, 0.3) is 0 Å². The second-order valence-electron chi connectivity index (χ2n) is 5.88. The van der Waals surface area contributed by atoms with Crippen LogP contribution in [0.15, 0.2) is 24.3 Å². The van der Waals surface area contributed by atoms with Gasteiger partial charge in [0.2, 0.25) is 0 Å². The molecule has 0 saturated carbocycles. The molecule has 1 aromatic rings. The third-order valence-corrected chi connectivity index (χ3v) is 4.73. The summed E-state index contributed by atoms with van der Waals surface area (Å²) in [6.45, 7) is 9.54. The second kappa shape index (κ2) is 7.21. The highest BCUT2D eigenvalue weighted by Gasteiger charge is 2.32. The van der Waals surface area contributed by atoms with E-state index in [1.54, 1.807) is 0 Å². The van der Waals surface area contributed by atoms with Crippen LogP contribution in [0.1, 0.15) is 31.4 Å². The van der Waals surface area contributed by atoms with Gasteiger partial charge in [-0.15, -0.1) is 0 Å². The highest BCUT2D eigenvalue weighted by molar-refractivity contribution is 5.32. The standard InChI is InChI=1S/C17H29N3/c1-3-20(4-2)12-11-19-17(14-18)10-9-15-7-5-6-8-16(15)13-17/h5-8,19H,3-4,9-14,18H2,1-2H3. The Bertz CT molecular complexity index is 414. The summed E-state index contributed by atoms with van der Waals surface area (Å²) >= 11 is 0. The molecule has 1 aliphatic carbocycles. The van der Waals surface area contributed by atoms with Gasteiger partial charge in [0, 0.05) is 25.2 Å². The van der Waals surface area contributed by atoms with Crippen molar-refractivity contribution in [2.45, 2.75) is 38.6 Å². The van der Waals surface area contributed by atoms with Gasteiger partial charge in [0.25, 0.3) is 0 Å². The van der Waals surface area contributed by atoms with E-state index in [0.29, 0.717) is 0 Å². The maximum absolute atomic E-state index is 6.10. The predicted molar refractivity (Wildman–Crippen MR) is 86.0 cm³/mol. The van der Waals surface area contributed by atoms with Gasteiger partial charge in [0.15, 0.2) is 0 Å². The molecule has 0 saturated heterocycles. The lowest BCUT2D eigenvalue weighted by molar-refractivity contribution is 0.251. The number of hydrogen-bond acceptors (Lipinski definition) is 3. The molecule has 3 N–H and O–H groups in total. The topological polar surface area (TPSA) is 41.3 Å². The molecule has 1 aromatic carbocycles. The van der Waals surface area contributed by atoms with Gasteiger partial charge in [0.1, 0.15) is 0 Å². The zero-order valence-corrected chi connectivity index (χ0v) is 13.0. The Kier molecular flexibility index (Phi) is 5.58. The largest absolute Gasteiger partial charge is 0.329 e. The van der Waals surface area contributed by atoms with E-state index in [1.807, 2.05) is 0 Å². The van der Waals surface area contributed by atoms with Crippen LogP contribution >= 0.6 is 0 Å². The lowest BCUT2D eigenvalue weighted by Gasteiger charge is -2.39. The fourth-order valence-electron chi connectivity index (χ4n) is 3.22. The van der Waals surface area contributed by atoms with Crippen molar-refractivity contribution >= 4 is 0 Å². The molecule has 0 spiro atoms. The molecular weight excluding hydrogens is 246 g/mol. The molecule has 112 valence electrons. The average molecular weight is 275 g/mol. The first-order chi connectivity index (χ1) is 9.73. The summed E-state index contributed by atoms with van der Waals surface area (Å²) in [4.78, 5) is 2.45. The number of nitrogens with zero attached hydrogens (tertiary/aromatic N) is 1. The Morgan fingerprint density at radius 3 is 2.55 bits per heavy atom. The summed E-state index contributed by atoms with van der Waals surface area (Å²) in [5, 5.41) is 3.76. The maximum Gasteiger partial charge on any atom is 0.0348 e. The third-order valence-electron chi connectivity index (χ3n) is 4.73. The molecule has 0 fully saturated rings. The summed E-state index contributed by atoms with van der Waals surface area (Å²) < 4.78 is 0. The van der Waals surface area contributed by atoms with E-state index in [9.17, 15) is 0 Å². The van der Waals surface area contributed by atoms with E-state index < -0.39 is 0 Å². The highest BCUT2D eigenvalue weighted by Crippen LogP contribution is 2.27. The third kappa shape index (κ3) is 3.60. The molecule has 1 atom stereocenters. The summed E-state index contributed by atoms with van der Waals surface area (Å²) in [7, 11) is 0. The molecule has 0 amide bonds. The number of nitrogens with one attached hydrogen (secondary N) is 1. The Labute approximate surface area is 123 Å². The van der Waals surface area contributed by atoms with Crippen molar-refractivity contribution in [2.24, 2.45) is 5.73 Å². The van der Waals surface area contributed by atoms with E-state index in [4.69, 9.17) is 5.73 Å². The van der Waals surface area contributed by atoms with Crippen LogP contribution in [-0.2, 0) is 12.8 Å². The molecule has 0 aliphatic heterocycles. The van der Waals surface area contributed by atoms with Gasteiger partial charge in [-0.3, -0.25) is 0 Å². The van der Waals surface area contributed by atoms with Crippen LogP contribution in [0.3, 0.4) is 0 Å². The number of fused-ring (bicyclic) bond motifs is 1. The van der Waals surface area contributed by atoms with Crippen molar-refractivity contribution in [1.29, 1.82) is 0 Å². The van der Waals surface area contributed by atoms with Crippen LogP contribution in [0.5, 0.6) is 0 Å². The van der Waals surface area contributed by atoms with Crippen molar-refractivity contribution in [1.82, 2.24) is 10.2 Å². The Morgan fingerprint density at radius 1 is 1.20 bits per heavy atom. The Hall–Kier alpha value is -0.900. The number of rotatable bonds is 7. The first kappa shape index (κ1) is 15.5. The van der Waals surface area contributed by atoms with E-state index in [0.717, 1.165) is 52.0 Å². The summed E-state index contributed by atoms with van der Waals surface area (Å²) in [6.07, 6.45) is 3.36. The van der Waals surface area contributed by atoms with Gasteiger partial charge >= 0.3 is 0 Å². The molecule has 0 aromatic heterocycles. The molecule has 0 radical (unpaired) electrons. The number of likely N-dealkylation sites (N-methyl/N-ethyl adjacent to an activating group) is 1. The minimum Gasteiger partial charge on any atom is -0.329 e. The van der Waals surface area contributed by atoms with Gasteiger partial charge in [-0.05, 0) is 43.5 Å². The zero-order valence-electron chi connectivity index (χ0n) is 13.0. The summed E-state index contributed by atoms with van der Waals surface area (Å²) in [5.41, 5.74) is 9.17. The molecule has 0 heterocycles. The smallest absolute Gasteiger partial charge is 0.0348 e. The first-order valence-corrected chi connectivity index (χ1v) is 7.97. The average Bonchev–Trinajstić information content (AvgIpc) is 2.51. The van der Waals surface area contributed by atoms with Crippen LogP contribution < -0.4 is 11.1 Å². The van der Waals surface area contributed by atoms with Crippen LogP contribution in [0.2, 0.25) is 0 Å². The fraction of sp³-hybridized carbons (Fsp3) is 0.647. The van der Waals surface area contributed by atoms with Crippen molar-refractivity contribution in [3.05, 3.63) is 35.4 Å². The predicted octanol–water partition coefficient (Wildman–Crippen LogP) is 1.80. The van der Waals surface area contributed by atoms with Crippen molar-refractivity contribution < 1.29 is 0 Å². The number of hydrogen-bond donors (Lipinski definition) is 2. The number of aryl methyl sites for hydroxylation is 1. The SMILES string of the molecule is CCN(CC)CCNC1(CN)CCc2ccccc2C1. The lowest BCUT2D eigenvalue weighted by Crippen LogP contribution is -2.56. The van der Waals surface area contributed by atoms with Gasteiger partial charge in [0.05, 0.1) is 0 Å². The molecule has 0 bridgehead atoms. The van der Waals surface area contributed by atoms with Gasteiger partial charge in [-0.25, -0.2) is 0 Å². The van der Waals surface area contributed by atoms with Crippen LogP contribution in [0.4, 0.5) is 0 Å². The Morgan fingerprint density at radius 2 is 1.90 bits per heavy atom. The number of nitrogens with two attached hydrogens (primary N) is 1. The minimum absolute atomic E-state index is 0.0987. The maximum atomic E-state index is 6.10. The second-order valence-corrected chi connectivity index (χ2v) is 5.88. The molecule has 2 rings (SSSR count). The zero-order chi connectivity index (χ0) is 14.4. The molecule has 3 heteroatoms. The highest BCUT2D eigenvalue weighted by atomic mass is 15.1. The quantitative estimate of drug-likeness (QED) is 0.797. The Balaban J connectivity index is 1.94. The van der Waals surface area contributed by atoms with Crippen LogP contribution in [0, 0.1) is 0 Å². The normalized spacial score (nSPS) is 22.0. The van der Waals surface area contributed by atoms with Gasteiger partial charge in [-0.2, -0.15) is 0 Å². The lowest BCUT2D eigenvalue weighted by atomic mass is 9.78. The van der Waals surface area contributed by atoms with Crippen LogP contribution in [-0.4, -0.2) is 43.2 Å². The van der Waals surface area contributed by atoms with Crippen molar-refractivity contribution in [2.75, 3.05) is 32.7 Å². The summed E-state index contributed by atoms with van der Waals surface area (Å²) in [6, 6.07) is 8.79. The summed E-state index contributed by atoms with van der Waals surface area (Å²) in [5.74, 6) is 0. The molecule has 3 nitrogen and oxygen atoms in total. The van der Waals surface area contributed by atoms with Crippen molar-refractivity contribution in [3.63, 3.8) is 0 Å².